The Kier molecular flexibility index (Phi) is 6.05. The highest BCUT2D eigenvalue weighted by atomic mass is 35.5. The number of benzene rings is 2. The maximum Gasteiger partial charge on any atom is 0.349 e. The van der Waals surface area contributed by atoms with Crippen LogP contribution >= 0.6 is 23.4 Å². The third-order valence-corrected chi connectivity index (χ3v) is 5.69. The minimum atomic E-state index is -0.857. The van der Waals surface area contributed by atoms with E-state index in [9.17, 15) is 9.18 Å². The Labute approximate surface area is 179 Å². The minimum absolute atomic E-state index is 0.00119. The molecule has 3 aromatic rings. The molecule has 152 valence electrons. The van der Waals surface area contributed by atoms with Gasteiger partial charge < -0.3 is 4.74 Å². The Morgan fingerprint density at radius 2 is 1.79 bits per heavy atom. The van der Waals surface area contributed by atoms with Crippen LogP contribution in [0.5, 0.6) is 5.88 Å². The first-order valence-corrected chi connectivity index (χ1v) is 10.3. The van der Waals surface area contributed by atoms with Crippen molar-refractivity contribution in [2.45, 2.75) is 49.9 Å². The van der Waals surface area contributed by atoms with E-state index >= 15 is 0 Å². The van der Waals surface area contributed by atoms with Gasteiger partial charge in [0.2, 0.25) is 5.88 Å². The smallest absolute Gasteiger partial charge is 0.349 e. The summed E-state index contributed by atoms with van der Waals surface area (Å²) in [5.74, 6) is -1.32. The summed E-state index contributed by atoms with van der Waals surface area (Å²) in [6, 6.07) is 12.1. The van der Waals surface area contributed by atoms with Crippen LogP contribution in [0.3, 0.4) is 0 Å². The Bertz CT molecular complexity index is 1040. The first kappa shape index (κ1) is 21.4. The zero-order valence-electron chi connectivity index (χ0n) is 16.9. The number of carbonyl (C=O) groups is 1. The fraction of sp³-hybridized carbons (Fsp3) is 0.273. The van der Waals surface area contributed by atoms with Gasteiger partial charge in [0, 0.05) is 4.90 Å². The summed E-state index contributed by atoms with van der Waals surface area (Å²) < 4.78 is 21.5. The van der Waals surface area contributed by atoms with Gasteiger partial charge in [-0.25, -0.2) is 13.9 Å². The number of halogens is 2. The average Bonchev–Trinajstić information content (AvgIpc) is 2.93. The van der Waals surface area contributed by atoms with Gasteiger partial charge in [-0.3, -0.25) is 0 Å². The lowest BCUT2D eigenvalue weighted by atomic mass is 10.1. The third-order valence-electron chi connectivity index (χ3n) is 4.20. The monoisotopic (exact) mass is 432 g/mol. The second-order valence-corrected chi connectivity index (χ2v) is 9.19. The molecule has 0 unspecified atom stereocenters. The van der Waals surface area contributed by atoms with Crippen LogP contribution in [-0.4, -0.2) is 15.7 Å². The van der Waals surface area contributed by atoms with Gasteiger partial charge in [0.25, 0.3) is 0 Å². The van der Waals surface area contributed by atoms with Crippen LogP contribution in [0.15, 0.2) is 52.3 Å². The number of aromatic nitrogens is 2. The summed E-state index contributed by atoms with van der Waals surface area (Å²) in [6.45, 7) is 9.72. The number of esters is 1. The lowest BCUT2D eigenvalue weighted by Crippen LogP contribution is -2.25. The highest BCUT2D eigenvalue weighted by molar-refractivity contribution is 7.99. The van der Waals surface area contributed by atoms with E-state index in [4.69, 9.17) is 16.3 Å². The molecular formula is C22H22ClFN2O2S. The summed E-state index contributed by atoms with van der Waals surface area (Å²) in [5, 5.41) is 4.58. The molecule has 0 aliphatic carbocycles. The number of nitrogens with zero attached hydrogens (tertiary/aromatic N) is 2. The average molecular weight is 433 g/mol. The van der Waals surface area contributed by atoms with E-state index < -0.39 is 17.3 Å². The largest absolute Gasteiger partial charge is 0.403 e. The van der Waals surface area contributed by atoms with Crippen LogP contribution in [-0.2, 0) is 5.54 Å². The van der Waals surface area contributed by atoms with Gasteiger partial charge in [0.05, 0.1) is 21.2 Å². The van der Waals surface area contributed by atoms with E-state index in [1.165, 1.54) is 30.0 Å². The van der Waals surface area contributed by atoms with E-state index in [2.05, 4.69) is 5.10 Å². The molecule has 0 aliphatic rings. The number of hydrogen-bond donors (Lipinski definition) is 0. The van der Waals surface area contributed by atoms with Crippen LogP contribution in [0.1, 0.15) is 42.4 Å². The second kappa shape index (κ2) is 8.20. The topological polar surface area (TPSA) is 44.1 Å². The van der Waals surface area contributed by atoms with Crippen LogP contribution in [0.2, 0.25) is 5.02 Å². The van der Waals surface area contributed by atoms with Crippen molar-refractivity contribution in [2.75, 3.05) is 0 Å². The molecule has 1 heterocycles. The van der Waals surface area contributed by atoms with Crippen molar-refractivity contribution < 1.29 is 13.9 Å². The predicted molar refractivity (Wildman–Crippen MR) is 114 cm³/mol. The zero-order valence-corrected chi connectivity index (χ0v) is 18.5. The van der Waals surface area contributed by atoms with Crippen molar-refractivity contribution in [3.63, 3.8) is 0 Å². The molecule has 0 bridgehead atoms. The Balaban J connectivity index is 2.05. The first-order valence-electron chi connectivity index (χ1n) is 9.08. The number of rotatable bonds is 4. The maximum atomic E-state index is 14.2. The van der Waals surface area contributed by atoms with Crippen molar-refractivity contribution in [1.29, 1.82) is 0 Å². The van der Waals surface area contributed by atoms with E-state index in [0.717, 1.165) is 10.5 Å². The molecule has 0 saturated heterocycles. The third kappa shape index (κ3) is 4.65. The second-order valence-electron chi connectivity index (χ2n) is 7.70. The van der Waals surface area contributed by atoms with Crippen LogP contribution < -0.4 is 4.74 Å². The van der Waals surface area contributed by atoms with Gasteiger partial charge in [0.15, 0.2) is 0 Å². The first-order chi connectivity index (χ1) is 13.6. The molecule has 0 radical (unpaired) electrons. The summed E-state index contributed by atoms with van der Waals surface area (Å²) in [5.41, 5.74) is 1.12. The molecule has 29 heavy (non-hydrogen) atoms. The van der Waals surface area contributed by atoms with E-state index in [0.29, 0.717) is 10.6 Å². The van der Waals surface area contributed by atoms with Crippen molar-refractivity contribution >= 4 is 29.3 Å². The molecule has 7 heteroatoms. The molecule has 0 fully saturated rings. The fourth-order valence-electron chi connectivity index (χ4n) is 2.71. The van der Waals surface area contributed by atoms with E-state index in [1.54, 1.807) is 4.68 Å². The highest BCUT2D eigenvalue weighted by Gasteiger charge is 2.29. The van der Waals surface area contributed by atoms with Gasteiger partial charge in [-0.05, 0) is 58.9 Å². The molecule has 0 aliphatic heterocycles. The van der Waals surface area contributed by atoms with Gasteiger partial charge in [-0.1, -0.05) is 47.1 Å². The molecule has 4 nitrogen and oxygen atoms in total. The summed E-state index contributed by atoms with van der Waals surface area (Å²) in [7, 11) is 0. The number of ether oxygens (including phenoxy) is 1. The summed E-state index contributed by atoms with van der Waals surface area (Å²) in [4.78, 5) is 14.5. The van der Waals surface area contributed by atoms with Gasteiger partial charge in [-0.15, -0.1) is 0 Å². The Hall–Kier alpha value is -2.31. The molecule has 3 rings (SSSR count). The molecule has 0 saturated carbocycles. The Morgan fingerprint density at radius 3 is 2.38 bits per heavy atom. The number of carbonyl (C=O) groups excluding carboxylic acids is 1. The SMILES string of the molecule is Cc1ccc(Sc2c(C)nn(C(C)(C)C)c2OC(=O)c2c(F)cccc2Cl)cc1. The maximum absolute atomic E-state index is 14.2. The number of aryl methyl sites for hydroxylation is 2. The Morgan fingerprint density at radius 1 is 1.14 bits per heavy atom. The summed E-state index contributed by atoms with van der Waals surface area (Å²) >= 11 is 7.49. The van der Waals surface area contributed by atoms with E-state index in [1.807, 2.05) is 58.9 Å². The lowest BCUT2D eigenvalue weighted by Gasteiger charge is -2.22. The lowest BCUT2D eigenvalue weighted by molar-refractivity contribution is 0.0699. The van der Waals surface area contributed by atoms with Gasteiger partial charge in [0.1, 0.15) is 11.4 Å². The minimum Gasteiger partial charge on any atom is -0.403 e. The fourth-order valence-corrected chi connectivity index (χ4v) is 3.86. The standard InChI is InChI=1S/C22H22ClFN2O2S/c1-13-9-11-15(12-10-13)29-19-14(2)25-26(22(3,4)5)20(19)28-21(27)18-16(23)7-6-8-17(18)24/h6-12H,1-5H3. The van der Waals surface area contributed by atoms with E-state index in [-0.39, 0.29) is 16.5 Å². The molecule has 0 amide bonds. The highest BCUT2D eigenvalue weighted by Crippen LogP contribution is 2.40. The molecule has 0 atom stereocenters. The van der Waals surface area contributed by atoms with Crippen LogP contribution in [0.4, 0.5) is 4.39 Å². The normalized spacial score (nSPS) is 11.6. The quantitative estimate of drug-likeness (QED) is 0.446. The molecular weight excluding hydrogens is 411 g/mol. The molecule has 0 N–H and O–H groups in total. The number of hydrogen-bond acceptors (Lipinski definition) is 4. The van der Waals surface area contributed by atoms with Crippen molar-refractivity contribution in [3.05, 3.63) is 70.1 Å². The van der Waals surface area contributed by atoms with Crippen LogP contribution in [0, 0.1) is 19.7 Å². The summed E-state index contributed by atoms with van der Waals surface area (Å²) in [6.07, 6.45) is 0. The van der Waals surface area contributed by atoms with Gasteiger partial charge >= 0.3 is 5.97 Å². The van der Waals surface area contributed by atoms with Crippen molar-refractivity contribution in [1.82, 2.24) is 9.78 Å². The molecule has 2 aromatic carbocycles. The van der Waals surface area contributed by atoms with Crippen molar-refractivity contribution in [2.24, 2.45) is 0 Å². The molecule has 0 spiro atoms. The van der Waals surface area contributed by atoms with Crippen molar-refractivity contribution in [3.8, 4) is 5.88 Å². The van der Waals surface area contributed by atoms with Crippen LogP contribution in [0.25, 0.3) is 0 Å². The molecule has 1 aromatic heterocycles. The predicted octanol–water partition coefficient (Wildman–Crippen LogP) is 6.42. The zero-order chi connectivity index (χ0) is 21.3. The van der Waals surface area contributed by atoms with Gasteiger partial charge in [-0.2, -0.15) is 5.10 Å².